The molecule has 16 atom stereocenters. The summed E-state index contributed by atoms with van der Waals surface area (Å²) >= 11 is 0. The van der Waals surface area contributed by atoms with Crippen LogP contribution >= 0.6 is 0 Å². The molecule has 0 aliphatic carbocycles. The fourth-order valence-corrected chi connectivity index (χ4v) is 10.5. The van der Waals surface area contributed by atoms with Gasteiger partial charge in [0.1, 0.15) is 31.0 Å². The second-order valence-electron chi connectivity index (χ2n) is 22.5. The van der Waals surface area contributed by atoms with Crippen molar-refractivity contribution >= 4 is 47.3 Å². The Kier molecular flexibility index (Phi) is 42.3. The first-order valence-corrected chi connectivity index (χ1v) is 28.2. The average molecular weight is 1170 g/mol. The highest BCUT2D eigenvalue weighted by molar-refractivity contribution is 5.89. The first kappa shape index (κ1) is 80.8. The van der Waals surface area contributed by atoms with Crippen molar-refractivity contribution in [2.45, 2.75) is 254 Å². The molecule has 0 radical (unpaired) electrons. The van der Waals surface area contributed by atoms with Crippen LogP contribution in [-0.4, -0.2) is 166 Å². The molecule has 2 aliphatic heterocycles. The molecule has 0 bridgehead atoms. The Morgan fingerprint density at radius 3 is 1.88 bits per heavy atom. The Hall–Kier alpha value is -4.39. The maximum atomic E-state index is 14.3. The Labute approximate surface area is 481 Å². The van der Waals surface area contributed by atoms with Gasteiger partial charge in [0.25, 0.3) is 5.97 Å². The number of aliphatic carboxylic acids is 1. The maximum Gasteiger partial charge on any atom is 0.308 e. The second kappa shape index (κ2) is 42.4. The van der Waals surface area contributed by atoms with Gasteiger partial charge < -0.3 is 63.9 Å². The lowest BCUT2D eigenvalue weighted by Gasteiger charge is -2.38. The van der Waals surface area contributed by atoms with Gasteiger partial charge in [-0.25, -0.2) is 0 Å². The van der Waals surface area contributed by atoms with Gasteiger partial charge in [-0.3, -0.25) is 33.6 Å². The third kappa shape index (κ3) is 34.1. The third-order valence-corrected chi connectivity index (χ3v) is 14.1. The van der Waals surface area contributed by atoms with Crippen LogP contribution in [-0.2, 0) is 71.8 Å². The number of hydrogen-bond donors (Lipinski definition) is 6. The van der Waals surface area contributed by atoms with Crippen molar-refractivity contribution in [3.8, 4) is 0 Å². The van der Waals surface area contributed by atoms with Gasteiger partial charge in [0.15, 0.2) is 17.5 Å². The smallest absolute Gasteiger partial charge is 0.308 e. The van der Waals surface area contributed by atoms with Crippen molar-refractivity contribution < 1.29 is 107 Å². The summed E-state index contributed by atoms with van der Waals surface area (Å²) in [5, 5.41) is 57.0. The fourth-order valence-electron chi connectivity index (χ4n) is 10.5. The summed E-state index contributed by atoms with van der Waals surface area (Å²) in [6.07, 6.45) is 1.37. The molecule has 23 heteroatoms. The van der Waals surface area contributed by atoms with Gasteiger partial charge in [-0.15, -0.1) is 0 Å². The number of carbonyl (C=O) groups is 7. The number of cyclic esters (lactones) is 1. The number of ether oxygens (including phenoxy) is 6. The number of rotatable bonds is 22. The van der Waals surface area contributed by atoms with E-state index in [1.807, 2.05) is 41.5 Å². The lowest BCUT2D eigenvalue weighted by Crippen LogP contribution is -2.51. The van der Waals surface area contributed by atoms with E-state index < -0.39 is 83.2 Å². The highest BCUT2D eigenvalue weighted by Crippen LogP contribution is 2.39. The number of ketones is 1. The zero-order valence-electron chi connectivity index (χ0n) is 52.2. The van der Waals surface area contributed by atoms with E-state index in [-0.39, 0.29) is 92.1 Å². The monoisotopic (exact) mass is 1170 g/mol. The quantitative estimate of drug-likeness (QED) is 0.0263. The van der Waals surface area contributed by atoms with Gasteiger partial charge in [0.2, 0.25) is 0 Å². The molecule has 0 aromatic carbocycles. The molecule has 0 aromatic rings. The molecule has 2 rings (SSSR count). The number of esters is 5. The molecule has 0 spiro atoms. The average Bonchev–Trinajstić information content (AvgIpc) is 3.35. The van der Waals surface area contributed by atoms with Gasteiger partial charge in [0.05, 0.1) is 48.6 Å². The summed E-state index contributed by atoms with van der Waals surface area (Å²) in [5.74, 6) is -5.00. The van der Waals surface area contributed by atoms with Crippen molar-refractivity contribution in [2.24, 2.45) is 46.6 Å². The molecule has 81 heavy (non-hydrogen) atoms. The number of carboxylic acids is 1. The minimum atomic E-state index is -1.69. The molecule has 2 saturated heterocycles. The molecule has 22 nitrogen and oxygen atoms in total. The van der Waals surface area contributed by atoms with Crippen LogP contribution < -0.4 is 0 Å². The first-order chi connectivity index (χ1) is 37.6. The van der Waals surface area contributed by atoms with Crippen LogP contribution in [0.2, 0.25) is 0 Å². The summed E-state index contributed by atoms with van der Waals surface area (Å²) in [7, 11) is 3.49. The summed E-state index contributed by atoms with van der Waals surface area (Å²) in [6.45, 7) is 26.1. The zero-order chi connectivity index (χ0) is 63.5. The van der Waals surface area contributed by atoms with Crippen molar-refractivity contribution in [3.05, 3.63) is 0 Å². The van der Waals surface area contributed by atoms with Crippen molar-refractivity contribution in [1.29, 1.82) is 0 Å². The third-order valence-electron chi connectivity index (χ3n) is 14.1. The SMILES string of the molecule is CC(=O)O.CC(=O)OC([C@H](C)O)C(C)(CCOF)OC(C)=O.CO.CO.CO/N=C(\CCC[C@@H]1[C@@H](C)CC(C)C(=O)OC([C@H](C)CC[C@H]2CC[C@H](OC(C)=O)C(C)O2)C[C@@H](OC(=O)CC(C)C)C(C)C(=O)[C@@](C)(O)C[C@@H]1C)CC(C)O. The highest BCUT2D eigenvalue weighted by Gasteiger charge is 2.45. The van der Waals surface area contributed by atoms with Crippen molar-refractivity contribution in [2.75, 3.05) is 27.9 Å². The van der Waals surface area contributed by atoms with Crippen LogP contribution in [0.15, 0.2) is 5.16 Å². The molecule has 7 unspecified atom stereocenters. The van der Waals surface area contributed by atoms with Crippen LogP contribution in [0.1, 0.15) is 194 Å². The summed E-state index contributed by atoms with van der Waals surface area (Å²) < 4.78 is 45.8. The normalized spacial score (nSPS) is 27.6. The Balaban J connectivity index is -0.00000194. The first-order valence-electron chi connectivity index (χ1n) is 28.2. The lowest BCUT2D eigenvalue weighted by atomic mass is 9.71. The van der Waals surface area contributed by atoms with Crippen LogP contribution in [0.25, 0.3) is 0 Å². The van der Waals surface area contributed by atoms with Crippen LogP contribution in [0, 0.1) is 41.4 Å². The van der Waals surface area contributed by atoms with Crippen LogP contribution in [0.5, 0.6) is 0 Å². The molecule has 0 amide bonds. The van der Waals surface area contributed by atoms with E-state index in [1.165, 1.54) is 34.8 Å². The molecule has 476 valence electrons. The minimum absolute atomic E-state index is 0.0375. The maximum absolute atomic E-state index is 14.3. The number of carboxylic acid groups (broad SMARTS) is 1. The van der Waals surface area contributed by atoms with Gasteiger partial charge >= 0.3 is 29.8 Å². The van der Waals surface area contributed by atoms with Crippen LogP contribution in [0.3, 0.4) is 0 Å². The highest BCUT2D eigenvalue weighted by atomic mass is 19.3. The molecule has 2 aliphatic rings. The summed E-state index contributed by atoms with van der Waals surface area (Å²) in [4.78, 5) is 92.4. The van der Waals surface area contributed by atoms with E-state index in [1.54, 1.807) is 20.8 Å². The molecular formula is C58H106FNO21. The number of Topliss-reactive ketones (excluding diaryl/α,β-unsaturated/α-hetero) is 1. The van der Waals surface area contributed by atoms with E-state index in [0.717, 1.165) is 53.0 Å². The van der Waals surface area contributed by atoms with Gasteiger partial charge in [-0.05, 0) is 127 Å². The number of halogens is 1. The number of oxime groups is 1. The molecule has 0 saturated carbocycles. The van der Waals surface area contributed by atoms with Crippen molar-refractivity contribution in [1.82, 2.24) is 0 Å². The van der Waals surface area contributed by atoms with Crippen LogP contribution in [0.4, 0.5) is 4.53 Å². The predicted octanol–water partition coefficient (Wildman–Crippen LogP) is 7.60. The topological polar surface area (TPSA) is 327 Å². The van der Waals surface area contributed by atoms with E-state index >= 15 is 0 Å². The number of aliphatic hydroxyl groups excluding tert-OH is 4. The number of nitrogens with zero attached hydrogens (tertiary/aromatic N) is 1. The van der Waals surface area contributed by atoms with E-state index in [2.05, 4.69) is 17.0 Å². The molecule has 2 heterocycles. The Bertz CT molecular complexity index is 1840. The molecule has 2 fully saturated rings. The number of carbonyl (C=O) groups excluding carboxylic acids is 6. The standard InChI is InChI=1S/C43H75NO11.C11H19FO6.C2H4O2.2CH4O/c1-25(2)20-40(47)54-39-23-38(26(3)16-17-35-18-19-37(32(9)52-35)53-33(10)46)55-42(49)28(5)21-27(4)36(15-13-14-34(44-51-12)22-30(7)45)29(6)24-43(11,50)41(48)31(39)8;1-7(13)10(17-8(2)14)11(4,5-6-16-12)18-9(3)15;1-2(3)4;2*1-2/h25-32,35-39,45,50H,13-24H2,1-12H3;7,10,13H,5-6H2,1-4H3;1H3,(H,3,4);2*2H,1H3/b44-34+;;;;/t26-,27+,28?,29+,30?,31?,32?,35+,36-,37+,38?,39-,43+;7-,10?,11?;;;/m10.../s1. The van der Waals surface area contributed by atoms with Gasteiger partial charge in [0, 0.05) is 67.6 Å². The second-order valence-corrected chi connectivity index (χ2v) is 22.5. The minimum Gasteiger partial charge on any atom is -0.481 e. The lowest BCUT2D eigenvalue weighted by molar-refractivity contribution is -0.205. The number of hydrogen-bond acceptors (Lipinski definition) is 21. The van der Waals surface area contributed by atoms with Gasteiger partial charge in [-0.1, -0.05) is 53.6 Å². The largest absolute Gasteiger partial charge is 0.481 e. The van der Waals surface area contributed by atoms with E-state index in [4.69, 9.17) is 53.4 Å². The number of aliphatic hydroxyl groups is 5. The molecular weight excluding hydrogens is 1070 g/mol. The van der Waals surface area contributed by atoms with Crippen molar-refractivity contribution in [3.63, 3.8) is 0 Å². The Morgan fingerprint density at radius 2 is 1.41 bits per heavy atom. The summed E-state index contributed by atoms with van der Waals surface area (Å²) in [5.41, 5.74) is -2.29. The summed E-state index contributed by atoms with van der Waals surface area (Å²) in [6, 6.07) is 0. The fraction of sp³-hybridized carbons (Fsp3) is 0.862. The Morgan fingerprint density at radius 1 is 0.827 bits per heavy atom. The van der Waals surface area contributed by atoms with Gasteiger partial charge in [-0.2, -0.15) is 4.94 Å². The molecule has 6 N–H and O–H groups in total. The zero-order valence-corrected chi connectivity index (χ0v) is 52.2. The predicted molar refractivity (Wildman–Crippen MR) is 300 cm³/mol. The van der Waals surface area contributed by atoms with E-state index in [0.29, 0.717) is 38.5 Å². The molecule has 0 aromatic heterocycles. The van der Waals surface area contributed by atoms with E-state index in [9.17, 15) is 48.6 Å².